The molecular formula is C25H44O5. The van der Waals surface area contributed by atoms with Crippen LogP contribution < -0.4 is 0 Å². The zero-order chi connectivity index (χ0) is 21.4. The van der Waals surface area contributed by atoms with Crippen molar-refractivity contribution < 1.29 is 23.7 Å². The normalized spacial score (nSPS) is 24.5. The minimum Gasteiger partial charge on any atom is -0.452 e. The van der Waals surface area contributed by atoms with E-state index in [9.17, 15) is 4.79 Å². The van der Waals surface area contributed by atoms with Crippen molar-refractivity contribution in [3.05, 3.63) is 12.2 Å². The number of cyclic esters (lactones) is 1. The molecule has 0 aromatic rings. The molecule has 4 atom stereocenters. The Morgan fingerprint density at radius 3 is 2.17 bits per heavy atom. The smallest absolute Gasteiger partial charge is 0.331 e. The number of esters is 1. The van der Waals surface area contributed by atoms with Gasteiger partial charge in [0.2, 0.25) is 0 Å². The number of rotatable bonds is 18. The molecule has 0 aliphatic carbocycles. The van der Waals surface area contributed by atoms with Gasteiger partial charge in [0.25, 0.3) is 0 Å². The molecule has 0 aromatic heterocycles. The maximum atomic E-state index is 11.3. The maximum absolute atomic E-state index is 11.3. The molecule has 2 heterocycles. The van der Waals surface area contributed by atoms with Gasteiger partial charge in [0.05, 0.1) is 18.3 Å². The minimum absolute atomic E-state index is 0.0479. The van der Waals surface area contributed by atoms with Gasteiger partial charge in [0.1, 0.15) is 12.9 Å². The van der Waals surface area contributed by atoms with Crippen LogP contribution in [-0.2, 0) is 23.7 Å². The summed E-state index contributed by atoms with van der Waals surface area (Å²) in [6.45, 7) is 2.57. The topological polar surface area (TPSA) is 54.0 Å². The van der Waals surface area contributed by atoms with E-state index in [-0.39, 0.29) is 30.4 Å². The first-order chi connectivity index (χ1) is 14.7. The van der Waals surface area contributed by atoms with Crippen molar-refractivity contribution in [2.75, 3.05) is 13.9 Å². The predicted molar refractivity (Wildman–Crippen MR) is 119 cm³/mol. The summed E-state index contributed by atoms with van der Waals surface area (Å²) >= 11 is 0. The number of unbranched alkanes of at least 4 members (excludes halogenated alkanes) is 11. The summed E-state index contributed by atoms with van der Waals surface area (Å²) < 4.78 is 22.6. The van der Waals surface area contributed by atoms with E-state index in [0.29, 0.717) is 6.79 Å². The standard InChI is InChI=1S/C25H44O5/c1-3-4-5-6-7-8-9-10-11-12-13-14-15-21(28-20-27-2)22-16-17-23(29-22)24-18-19-25(26)30-24/h18-19,21-24H,3-17,20H2,1-2H3/t21-,22+,23+,24+/m0/s1. The van der Waals surface area contributed by atoms with Crippen LogP contribution in [-0.4, -0.2) is 44.3 Å². The SMILES string of the molecule is CCCCCCCCCCCCCC[C@H](OCOC)[C@H]1CC[C@H]([C@H]2C=CC(=O)O2)O1. The van der Waals surface area contributed by atoms with Crippen LogP contribution in [0.4, 0.5) is 0 Å². The molecule has 0 bridgehead atoms. The molecule has 0 unspecified atom stereocenters. The molecule has 30 heavy (non-hydrogen) atoms. The second-order valence-corrected chi connectivity index (χ2v) is 8.84. The highest BCUT2D eigenvalue weighted by molar-refractivity contribution is 5.84. The number of carbonyl (C=O) groups is 1. The number of ether oxygens (including phenoxy) is 4. The number of hydrogen-bond acceptors (Lipinski definition) is 5. The van der Waals surface area contributed by atoms with E-state index in [1.54, 1.807) is 7.11 Å². The molecule has 2 aliphatic heterocycles. The van der Waals surface area contributed by atoms with Gasteiger partial charge in [-0.25, -0.2) is 4.79 Å². The first kappa shape index (κ1) is 25.4. The Morgan fingerprint density at radius 1 is 0.967 bits per heavy atom. The number of carbonyl (C=O) groups excluding carboxylic acids is 1. The summed E-state index contributed by atoms with van der Waals surface area (Å²) in [5, 5.41) is 0. The molecule has 1 fully saturated rings. The van der Waals surface area contributed by atoms with E-state index >= 15 is 0 Å². The summed E-state index contributed by atoms with van der Waals surface area (Å²) in [4.78, 5) is 11.3. The van der Waals surface area contributed by atoms with E-state index in [1.165, 1.54) is 76.7 Å². The second-order valence-electron chi connectivity index (χ2n) is 8.84. The van der Waals surface area contributed by atoms with Crippen molar-refractivity contribution in [3.8, 4) is 0 Å². The van der Waals surface area contributed by atoms with Crippen LogP contribution in [0.3, 0.4) is 0 Å². The third kappa shape index (κ3) is 9.93. The third-order valence-corrected chi connectivity index (χ3v) is 6.28. The number of hydrogen-bond donors (Lipinski definition) is 0. The Morgan fingerprint density at radius 2 is 1.60 bits per heavy atom. The quantitative estimate of drug-likeness (QED) is 0.151. The van der Waals surface area contributed by atoms with E-state index in [1.807, 2.05) is 6.08 Å². The van der Waals surface area contributed by atoms with Crippen molar-refractivity contribution in [1.29, 1.82) is 0 Å². The lowest BCUT2D eigenvalue weighted by atomic mass is 10.0. The largest absolute Gasteiger partial charge is 0.452 e. The van der Waals surface area contributed by atoms with Gasteiger partial charge in [-0.3, -0.25) is 0 Å². The monoisotopic (exact) mass is 424 g/mol. The highest BCUT2D eigenvalue weighted by atomic mass is 16.7. The first-order valence-electron chi connectivity index (χ1n) is 12.4. The lowest BCUT2D eigenvalue weighted by Crippen LogP contribution is -2.33. The lowest BCUT2D eigenvalue weighted by molar-refractivity contribution is -0.152. The Kier molecular flexibility index (Phi) is 13.4. The fourth-order valence-corrected chi connectivity index (χ4v) is 4.51. The molecule has 0 saturated carbocycles. The van der Waals surface area contributed by atoms with Gasteiger partial charge in [-0.05, 0) is 25.3 Å². The van der Waals surface area contributed by atoms with Crippen LogP contribution in [0.25, 0.3) is 0 Å². The summed E-state index contributed by atoms with van der Waals surface area (Å²) in [7, 11) is 1.65. The van der Waals surface area contributed by atoms with Gasteiger partial charge < -0.3 is 18.9 Å². The molecular weight excluding hydrogens is 380 g/mol. The molecule has 0 spiro atoms. The molecule has 2 aliphatic rings. The first-order valence-corrected chi connectivity index (χ1v) is 12.4. The average molecular weight is 425 g/mol. The Labute approximate surface area is 183 Å². The molecule has 0 amide bonds. The van der Waals surface area contributed by atoms with Crippen LogP contribution in [0.2, 0.25) is 0 Å². The Hall–Kier alpha value is -0.910. The van der Waals surface area contributed by atoms with Gasteiger partial charge >= 0.3 is 5.97 Å². The Balaban J connectivity index is 1.53. The third-order valence-electron chi connectivity index (χ3n) is 6.28. The summed E-state index contributed by atoms with van der Waals surface area (Å²) in [6, 6.07) is 0. The highest BCUT2D eigenvalue weighted by Gasteiger charge is 2.38. The van der Waals surface area contributed by atoms with Crippen molar-refractivity contribution >= 4 is 5.97 Å². The van der Waals surface area contributed by atoms with Gasteiger partial charge in [-0.2, -0.15) is 0 Å². The zero-order valence-corrected chi connectivity index (χ0v) is 19.3. The second kappa shape index (κ2) is 15.8. The van der Waals surface area contributed by atoms with Gasteiger partial charge in [-0.15, -0.1) is 0 Å². The van der Waals surface area contributed by atoms with E-state index in [4.69, 9.17) is 18.9 Å². The van der Waals surface area contributed by atoms with Crippen LogP contribution in [0, 0.1) is 0 Å². The molecule has 0 radical (unpaired) electrons. The average Bonchev–Trinajstić information content (AvgIpc) is 3.40. The molecule has 174 valence electrons. The summed E-state index contributed by atoms with van der Waals surface area (Å²) in [5.41, 5.74) is 0. The molecule has 2 rings (SSSR count). The predicted octanol–water partition coefficient (Wildman–Crippen LogP) is 6.10. The van der Waals surface area contributed by atoms with Gasteiger partial charge in [-0.1, -0.05) is 84.0 Å². The lowest BCUT2D eigenvalue weighted by Gasteiger charge is -2.25. The minimum atomic E-state index is -0.268. The summed E-state index contributed by atoms with van der Waals surface area (Å²) in [5.74, 6) is -0.268. The van der Waals surface area contributed by atoms with Crippen molar-refractivity contribution in [2.24, 2.45) is 0 Å². The maximum Gasteiger partial charge on any atom is 0.331 e. The fourth-order valence-electron chi connectivity index (χ4n) is 4.51. The van der Waals surface area contributed by atoms with Crippen molar-refractivity contribution in [3.63, 3.8) is 0 Å². The zero-order valence-electron chi connectivity index (χ0n) is 19.3. The van der Waals surface area contributed by atoms with Gasteiger partial charge in [0, 0.05) is 13.2 Å². The fraction of sp³-hybridized carbons (Fsp3) is 0.880. The molecule has 0 N–H and O–H groups in total. The van der Waals surface area contributed by atoms with Gasteiger partial charge in [0.15, 0.2) is 0 Å². The molecule has 5 heteroatoms. The van der Waals surface area contributed by atoms with E-state index < -0.39 is 0 Å². The molecule has 1 saturated heterocycles. The molecule has 0 aromatic carbocycles. The van der Waals surface area contributed by atoms with Crippen LogP contribution in [0.1, 0.15) is 103 Å². The van der Waals surface area contributed by atoms with Crippen molar-refractivity contribution in [1.82, 2.24) is 0 Å². The van der Waals surface area contributed by atoms with Crippen LogP contribution >= 0.6 is 0 Å². The Bertz CT molecular complexity index is 478. The number of methoxy groups -OCH3 is 1. The van der Waals surface area contributed by atoms with Crippen molar-refractivity contribution in [2.45, 2.75) is 128 Å². The van der Waals surface area contributed by atoms with Crippen LogP contribution in [0.15, 0.2) is 12.2 Å². The van der Waals surface area contributed by atoms with E-state index in [2.05, 4.69) is 6.92 Å². The van der Waals surface area contributed by atoms with E-state index in [0.717, 1.165) is 25.7 Å². The summed E-state index contributed by atoms with van der Waals surface area (Å²) in [6.07, 6.45) is 22.2. The highest BCUT2D eigenvalue weighted by Crippen LogP contribution is 2.30. The molecule has 5 nitrogen and oxygen atoms in total. The van der Waals surface area contributed by atoms with Crippen LogP contribution in [0.5, 0.6) is 0 Å².